The van der Waals surface area contributed by atoms with E-state index in [-0.39, 0.29) is 30.7 Å². The molecule has 0 radical (unpaired) electrons. The molecule has 1 saturated heterocycles. The van der Waals surface area contributed by atoms with Gasteiger partial charge in [-0.05, 0) is 49.1 Å². The Kier molecular flexibility index (Phi) is 11.1. The number of likely N-dealkylation sites (tertiary alicyclic amines) is 1. The van der Waals surface area contributed by atoms with Gasteiger partial charge in [-0.2, -0.15) is 0 Å². The maximum Gasteiger partial charge on any atom is 0.227 e. The molecule has 2 aliphatic heterocycles. The lowest BCUT2D eigenvalue weighted by molar-refractivity contribution is -0.118. The van der Waals surface area contributed by atoms with E-state index in [4.69, 9.17) is 9.47 Å². The smallest absolute Gasteiger partial charge is 0.227 e. The Morgan fingerprint density at radius 2 is 1.85 bits per heavy atom. The Labute approximate surface area is 215 Å². The highest BCUT2D eigenvalue weighted by atomic mass is 35.5. The number of carbonyl (C=O) groups is 1. The fourth-order valence-corrected chi connectivity index (χ4v) is 5.11. The van der Waals surface area contributed by atoms with Gasteiger partial charge in [0.15, 0.2) is 0 Å². The van der Waals surface area contributed by atoms with Crippen molar-refractivity contribution >= 4 is 36.4 Å². The molecule has 0 spiro atoms. The molecule has 0 aromatic heterocycles. The first-order valence-electron chi connectivity index (χ1n) is 11.6. The fourth-order valence-electron chi connectivity index (χ4n) is 5.11. The van der Waals surface area contributed by atoms with Crippen LogP contribution in [0.2, 0.25) is 0 Å². The number of anilines is 1. The van der Waals surface area contributed by atoms with E-state index in [0.717, 1.165) is 56.0 Å². The lowest BCUT2D eigenvalue weighted by Crippen LogP contribution is -2.49. The number of amides is 1. The van der Waals surface area contributed by atoms with Gasteiger partial charge in [0.1, 0.15) is 5.75 Å². The number of halogens is 2. The molecule has 2 aromatic carbocycles. The number of methoxy groups -OCH3 is 2. The number of nitrogens with zero attached hydrogens (tertiary/aromatic N) is 2. The Hall–Kier alpha value is -1.83. The molecule has 0 unspecified atom stereocenters. The molecule has 0 aliphatic carbocycles. The van der Waals surface area contributed by atoms with Crippen molar-refractivity contribution in [1.29, 1.82) is 0 Å². The summed E-state index contributed by atoms with van der Waals surface area (Å²) in [6, 6.07) is 15.6. The van der Waals surface area contributed by atoms with Gasteiger partial charge in [0.25, 0.3) is 0 Å². The average molecular weight is 511 g/mol. The van der Waals surface area contributed by atoms with E-state index in [1.54, 1.807) is 19.1 Å². The number of piperidine rings is 1. The van der Waals surface area contributed by atoms with Gasteiger partial charge >= 0.3 is 0 Å². The number of hydrogen-bond acceptors (Lipinski definition) is 5. The van der Waals surface area contributed by atoms with Gasteiger partial charge in [0, 0.05) is 51.0 Å². The van der Waals surface area contributed by atoms with E-state index < -0.39 is 0 Å². The summed E-state index contributed by atoms with van der Waals surface area (Å²) in [5.74, 6) is 1.06. The number of ether oxygens (including phenoxy) is 2. The van der Waals surface area contributed by atoms with Crippen LogP contribution in [0.15, 0.2) is 42.5 Å². The number of aryl methyl sites for hydroxylation is 1. The summed E-state index contributed by atoms with van der Waals surface area (Å²) in [7, 11) is 5.36. The summed E-state index contributed by atoms with van der Waals surface area (Å²) in [5, 5.41) is 3.83. The quantitative estimate of drug-likeness (QED) is 0.571. The zero-order chi connectivity index (χ0) is 22.5. The fraction of sp³-hybridized carbons (Fsp3) is 0.500. The number of nitrogens with one attached hydrogen (secondary N) is 1. The zero-order valence-corrected chi connectivity index (χ0v) is 21.9. The molecule has 1 amide bonds. The van der Waals surface area contributed by atoms with Crippen LogP contribution < -0.4 is 15.0 Å². The SMILES string of the molecule is COCCN1CCC[C@H](NCc2cc3c(cc2OC)CCC(=O)N3C)[C@@H]1c1ccccc1.Cl.Cl. The number of benzene rings is 2. The van der Waals surface area contributed by atoms with Gasteiger partial charge in [0.2, 0.25) is 5.91 Å². The van der Waals surface area contributed by atoms with Crippen LogP contribution in [0.1, 0.15) is 42.0 Å². The second kappa shape index (κ2) is 13.3. The molecule has 2 heterocycles. The Balaban J connectivity index is 0.00000204. The Bertz CT molecular complexity index is 929. The van der Waals surface area contributed by atoms with Crippen molar-refractivity contribution in [1.82, 2.24) is 10.2 Å². The zero-order valence-electron chi connectivity index (χ0n) is 20.3. The lowest BCUT2D eigenvalue weighted by atomic mass is 9.90. The molecule has 0 saturated carbocycles. The summed E-state index contributed by atoms with van der Waals surface area (Å²) >= 11 is 0. The summed E-state index contributed by atoms with van der Waals surface area (Å²) in [5.41, 5.74) is 4.61. The molecule has 188 valence electrons. The van der Waals surface area contributed by atoms with Crippen molar-refractivity contribution in [3.8, 4) is 5.75 Å². The molecule has 2 atom stereocenters. The minimum Gasteiger partial charge on any atom is -0.496 e. The van der Waals surface area contributed by atoms with Crippen LogP contribution in [0.3, 0.4) is 0 Å². The van der Waals surface area contributed by atoms with Gasteiger partial charge in [0.05, 0.1) is 19.8 Å². The summed E-state index contributed by atoms with van der Waals surface area (Å²) < 4.78 is 11.1. The van der Waals surface area contributed by atoms with Crippen LogP contribution in [0.25, 0.3) is 0 Å². The normalized spacial score (nSPS) is 20.2. The highest BCUT2D eigenvalue weighted by Gasteiger charge is 2.32. The summed E-state index contributed by atoms with van der Waals surface area (Å²) in [6.45, 7) is 3.43. The Morgan fingerprint density at radius 1 is 1.09 bits per heavy atom. The predicted molar refractivity (Wildman–Crippen MR) is 142 cm³/mol. The lowest BCUT2D eigenvalue weighted by Gasteiger charge is -2.42. The van der Waals surface area contributed by atoms with E-state index in [2.05, 4.69) is 52.7 Å². The molecule has 2 aliphatic rings. The second-order valence-corrected chi connectivity index (χ2v) is 8.76. The molecular formula is C26H37Cl2N3O3. The summed E-state index contributed by atoms with van der Waals surface area (Å²) in [4.78, 5) is 16.5. The number of carbonyl (C=O) groups excluding carboxylic acids is 1. The third-order valence-electron chi connectivity index (χ3n) is 6.84. The minimum atomic E-state index is 0. The van der Waals surface area contributed by atoms with Gasteiger partial charge in [-0.25, -0.2) is 0 Å². The highest BCUT2D eigenvalue weighted by Crippen LogP contribution is 2.35. The van der Waals surface area contributed by atoms with Crippen LogP contribution >= 0.6 is 24.8 Å². The Morgan fingerprint density at radius 3 is 2.56 bits per heavy atom. The van der Waals surface area contributed by atoms with Crippen LogP contribution in [-0.4, -0.2) is 57.8 Å². The van der Waals surface area contributed by atoms with Crippen molar-refractivity contribution in [2.75, 3.05) is 45.9 Å². The topological polar surface area (TPSA) is 54.0 Å². The third kappa shape index (κ3) is 6.23. The standard InChI is InChI=1S/C26H35N3O3.2ClH/c1-28-23-16-21(24(32-3)17-20(23)11-12-25(28)30)18-27-22-10-7-13-29(14-15-31-2)26(22)19-8-5-4-6-9-19;;/h4-6,8-9,16-17,22,26-27H,7,10-15,18H2,1-3H3;2*1H/t22-,26-;;/m0../s1. The van der Waals surface area contributed by atoms with Gasteiger partial charge in [-0.15, -0.1) is 24.8 Å². The first-order valence-corrected chi connectivity index (χ1v) is 11.6. The monoisotopic (exact) mass is 509 g/mol. The van der Waals surface area contributed by atoms with Crippen LogP contribution in [0, 0.1) is 0 Å². The van der Waals surface area contributed by atoms with Crippen molar-refractivity contribution in [3.63, 3.8) is 0 Å². The number of rotatable bonds is 8. The van der Waals surface area contributed by atoms with Crippen LogP contribution in [-0.2, 0) is 22.5 Å². The molecular weight excluding hydrogens is 473 g/mol. The van der Waals surface area contributed by atoms with Crippen molar-refractivity contribution < 1.29 is 14.3 Å². The molecule has 4 rings (SSSR count). The molecule has 1 fully saturated rings. The van der Waals surface area contributed by atoms with Gasteiger partial charge < -0.3 is 19.7 Å². The minimum absolute atomic E-state index is 0. The largest absolute Gasteiger partial charge is 0.496 e. The predicted octanol–water partition coefficient (Wildman–Crippen LogP) is 4.39. The first-order chi connectivity index (χ1) is 15.6. The number of fused-ring (bicyclic) bond motifs is 1. The summed E-state index contributed by atoms with van der Waals surface area (Å²) in [6.07, 6.45) is 3.61. The van der Waals surface area contributed by atoms with E-state index in [9.17, 15) is 4.79 Å². The molecule has 34 heavy (non-hydrogen) atoms. The highest BCUT2D eigenvalue weighted by molar-refractivity contribution is 5.96. The second-order valence-electron chi connectivity index (χ2n) is 8.76. The first kappa shape index (κ1) is 28.4. The van der Waals surface area contributed by atoms with Gasteiger partial charge in [-0.1, -0.05) is 30.3 Å². The van der Waals surface area contributed by atoms with Gasteiger partial charge in [-0.3, -0.25) is 9.69 Å². The van der Waals surface area contributed by atoms with Crippen LogP contribution in [0.5, 0.6) is 5.75 Å². The van der Waals surface area contributed by atoms with E-state index in [1.807, 2.05) is 7.05 Å². The van der Waals surface area contributed by atoms with Crippen molar-refractivity contribution in [3.05, 3.63) is 59.2 Å². The van der Waals surface area contributed by atoms with Crippen LogP contribution in [0.4, 0.5) is 5.69 Å². The number of hydrogen-bond donors (Lipinski definition) is 1. The molecule has 8 heteroatoms. The van der Waals surface area contributed by atoms with E-state index in [1.165, 1.54) is 11.1 Å². The average Bonchev–Trinajstić information content (AvgIpc) is 2.83. The molecule has 6 nitrogen and oxygen atoms in total. The molecule has 0 bridgehead atoms. The molecule has 1 N–H and O–H groups in total. The van der Waals surface area contributed by atoms with Crippen molar-refractivity contribution in [2.24, 2.45) is 0 Å². The van der Waals surface area contributed by atoms with E-state index >= 15 is 0 Å². The van der Waals surface area contributed by atoms with E-state index in [0.29, 0.717) is 25.0 Å². The maximum absolute atomic E-state index is 12.2. The van der Waals surface area contributed by atoms with Crippen molar-refractivity contribution in [2.45, 2.75) is 44.3 Å². The molecule has 2 aromatic rings. The maximum atomic E-state index is 12.2. The third-order valence-corrected chi connectivity index (χ3v) is 6.84.